The van der Waals surface area contributed by atoms with Crippen molar-refractivity contribution in [2.45, 2.75) is 45.5 Å². The topological polar surface area (TPSA) is 71.1 Å². The molecule has 2 amide bonds. The molecular formula is C22H32F3N3O4. The predicted octanol–water partition coefficient (Wildman–Crippen LogP) is 3.40. The molecule has 1 aliphatic rings. The minimum Gasteiger partial charge on any atom is -0.491 e. The summed E-state index contributed by atoms with van der Waals surface area (Å²) in [4.78, 5) is 27.8. The molecule has 0 aliphatic carbocycles. The van der Waals surface area contributed by atoms with Crippen LogP contribution in [0.25, 0.3) is 0 Å². The van der Waals surface area contributed by atoms with Crippen molar-refractivity contribution in [3.8, 4) is 5.75 Å². The molecule has 0 fully saturated rings. The van der Waals surface area contributed by atoms with E-state index in [1.807, 2.05) is 6.92 Å². The standard InChI is InChI=1S/C22H32F3N3O4/c1-14-11-28(9-8-22(23,24)25)15(2)13-32-19-7-6-17(26-16(3)29)10-18(19)21(30)27(4)12-20(14)31-5/h6-7,10,14-15,20H,8-9,11-13H2,1-5H3,(H,26,29)/t14-,15+,20+/m1/s1. The molecule has 3 atom stereocenters. The van der Waals surface area contributed by atoms with Gasteiger partial charge in [0.25, 0.3) is 5.91 Å². The van der Waals surface area contributed by atoms with Crippen LogP contribution in [0, 0.1) is 5.92 Å². The second-order valence-corrected chi connectivity index (χ2v) is 8.35. The van der Waals surface area contributed by atoms with E-state index >= 15 is 0 Å². The molecule has 0 radical (unpaired) electrons. The number of nitrogens with one attached hydrogen (secondary N) is 1. The Morgan fingerprint density at radius 3 is 2.56 bits per heavy atom. The number of benzene rings is 1. The van der Waals surface area contributed by atoms with Crippen molar-refractivity contribution in [2.75, 3.05) is 45.7 Å². The third-order valence-corrected chi connectivity index (χ3v) is 5.58. The van der Waals surface area contributed by atoms with Crippen molar-refractivity contribution in [3.05, 3.63) is 23.8 Å². The molecule has 180 valence electrons. The number of carbonyl (C=O) groups is 2. The van der Waals surface area contributed by atoms with E-state index in [0.717, 1.165) is 0 Å². The van der Waals surface area contributed by atoms with E-state index in [2.05, 4.69) is 5.32 Å². The Kier molecular flexibility index (Phi) is 8.91. The van der Waals surface area contributed by atoms with Crippen LogP contribution in [0.2, 0.25) is 0 Å². The Balaban J connectivity index is 2.39. The number of methoxy groups -OCH3 is 1. The highest BCUT2D eigenvalue weighted by Crippen LogP contribution is 2.27. The van der Waals surface area contributed by atoms with E-state index in [9.17, 15) is 22.8 Å². The average molecular weight is 460 g/mol. The summed E-state index contributed by atoms with van der Waals surface area (Å²) in [5.41, 5.74) is 0.709. The van der Waals surface area contributed by atoms with Crippen molar-refractivity contribution in [3.63, 3.8) is 0 Å². The van der Waals surface area contributed by atoms with Crippen LogP contribution in [0.1, 0.15) is 37.6 Å². The van der Waals surface area contributed by atoms with Gasteiger partial charge in [0.15, 0.2) is 0 Å². The molecule has 1 N–H and O–H groups in total. The molecule has 2 rings (SSSR count). The molecule has 0 saturated heterocycles. The Hall–Kier alpha value is -2.33. The van der Waals surface area contributed by atoms with Gasteiger partial charge in [0, 0.05) is 52.4 Å². The number of amides is 2. The summed E-state index contributed by atoms with van der Waals surface area (Å²) in [7, 11) is 3.16. The Labute approximate surface area is 186 Å². The van der Waals surface area contributed by atoms with Gasteiger partial charge in [0.05, 0.1) is 18.1 Å². The lowest BCUT2D eigenvalue weighted by Gasteiger charge is -2.36. The van der Waals surface area contributed by atoms with Gasteiger partial charge in [0.2, 0.25) is 5.91 Å². The minimum absolute atomic E-state index is 0.103. The molecule has 0 spiro atoms. The van der Waals surface area contributed by atoms with Crippen LogP contribution in [-0.2, 0) is 9.53 Å². The van der Waals surface area contributed by atoms with Crippen LogP contribution in [0.15, 0.2) is 18.2 Å². The van der Waals surface area contributed by atoms with Crippen LogP contribution in [0.3, 0.4) is 0 Å². The number of carbonyl (C=O) groups excluding carboxylic acids is 2. The largest absolute Gasteiger partial charge is 0.491 e. The summed E-state index contributed by atoms with van der Waals surface area (Å²) >= 11 is 0. The van der Waals surface area contributed by atoms with Crippen molar-refractivity contribution in [1.29, 1.82) is 0 Å². The van der Waals surface area contributed by atoms with E-state index in [1.54, 1.807) is 37.1 Å². The third kappa shape index (κ3) is 7.37. The second kappa shape index (κ2) is 11.0. The molecule has 1 aromatic carbocycles. The molecule has 10 heteroatoms. The monoisotopic (exact) mass is 459 g/mol. The van der Waals surface area contributed by atoms with Crippen molar-refractivity contribution >= 4 is 17.5 Å². The lowest BCUT2D eigenvalue weighted by atomic mass is 10.0. The highest BCUT2D eigenvalue weighted by molar-refractivity contribution is 5.99. The number of fused-ring (bicyclic) bond motifs is 1. The fourth-order valence-electron chi connectivity index (χ4n) is 3.71. The van der Waals surface area contributed by atoms with E-state index in [0.29, 0.717) is 18.0 Å². The summed E-state index contributed by atoms with van der Waals surface area (Å²) in [5, 5.41) is 2.65. The van der Waals surface area contributed by atoms with Gasteiger partial charge in [-0.2, -0.15) is 13.2 Å². The average Bonchev–Trinajstić information content (AvgIpc) is 2.70. The number of alkyl halides is 3. The number of hydrogen-bond donors (Lipinski definition) is 1. The Morgan fingerprint density at radius 2 is 1.97 bits per heavy atom. The maximum absolute atomic E-state index is 13.2. The summed E-state index contributed by atoms with van der Waals surface area (Å²) < 4.78 is 50.1. The second-order valence-electron chi connectivity index (χ2n) is 8.35. The molecule has 32 heavy (non-hydrogen) atoms. The van der Waals surface area contributed by atoms with Gasteiger partial charge in [-0.15, -0.1) is 0 Å². The zero-order valence-corrected chi connectivity index (χ0v) is 19.2. The number of halogens is 3. The van der Waals surface area contributed by atoms with Crippen LogP contribution in [-0.4, -0.2) is 80.3 Å². The zero-order chi connectivity index (χ0) is 24.1. The van der Waals surface area contributed by atoms with Gasteiger partial charge in [-0.3, -0.25) is 14.5 Å². The molecule has 1 aromatic rings. The first-order valence-electron chi connectivity index (χ1n) is 10.5. The van der Waals surface area contributed by atoms with E-state index in [-0.39, 0.29) is 55.1 Å². The van der Waals surface area contributed by atoms with Crippen molar-refractivity contribution in [1.82, 2.24) is 9.80 Å². The first kappa shape index (κ1) is 25.9. The van der Waals surface area contributed by atoms with E-state index in [1.165, 1.54) is 18.9 Å². The Bertz CT molecular complexity index is 803. The highest BCUT2D eigenvalue weighted by Gasteiger charge is 2.32. The molecule has 0 bridgehead atoms. The quantitative estimate of drug-likeness (QED) is 0.747. The molecule has 1 heterocycles. The number of anilines is 1. The SMILES string of the molecule is CO[C@H]1CN(C)C(=O)c2cc(NC(C)=O)ccc2OC[C@H](C)N(CCC(F)(F)F)C[C@H]1C. The van der Waals surface area contributed by atoms with E-state index < -0.39 is 12.6 Å². The minimum atomic E-state index is -4.26. The smallest absolute Gasteiger partial charge is 0.390 e. The molecule has 7 nitrogen and oxygen atoms in total. The van der Waals surface area contributed by atoms with Gasteiger partial charge < -0.3 is 19.7 Å². The first-order valence-corrected chi connectivity index (χ1v) is 10.5. The van der Waals surface area contributed by atoms with E-state index in [4.69, 9.17) is 9.47 Å². The molecular weight excluding hydrogens is 427 g/mol. The van der Waals surface area contributed by atoms with Gasteiger partial charge in [-0.1, -0.05) is 6.92 Å². The maximum Gasteiger partial charge on any atom is 0.390 e. The number of nitrogens with zero attached hydrogens (tertiary/aromatic N) is 2. The van der Waals surface area contributed by atoms with Gasteiger partial charge >= 0.3 is 6.18 Å². The van der Waals surface area contributed by atoms with Crippen LogP contribution < -0.4 is 10.1 Å². The summed E-state index contributed by atoms with van der Waals surface area (Å²) in [5.74, 6) is -0.401. The highest BCUT2D eigenvalue weighted by atomic mass is 19.4. The summed E-state index contributed by atoms with van der Waals surface area (Å²) in [6.45, 7) is 5.64. The first-order chi connectivity index (χ1) is 14.9. The van der Waals surface area contributed by atoms with Crippen molar-refractivity contribution < 1.29 is 32.2 Å². The van der Waals surface area contributed by atoms with Gasteiger partial charge in [-0.25, -0.2) is 0 Å². The molecule has 0 unspecified atom stereocenters. The molecule has 1 aliphatic heterocycles. The van der Waals surface area contributed by atoms with Crippen LogP contribution in [0.5, 0.6) is 5.75 Å². The fourth-order valence-corrected chi connectivity index (χ4v) is 3.71. The lowest BCUT2D eigenvalue weighted by molar-refractivity contribution is -0.140. The van der Waals surface area contributed by atoms with Gasteiger partial charge in [-0.05, 0) is 31.0 Å². The number of likely N-dealkylation sites (N-methyl/N-ethyl adjacent to an activating group) is 1. The summed E-state index contributed by atoms with van der Waals surface area (Å²) in [6.07, 6.45) is -5.54. The molecule has 0 aromatic heterocycles. The van der Waals surface area contributed by atoms with Crippen LogP contribution >= 0.6 is 0 Å². The number of rotatable bonds is 4. The molecule has 0 saturated carbocycles. The predicted molar refractivity (Wildman–Crippen MR) is 115 cm³/mol. The Morgan fingerprint density at radius 1 is 1.28 bits per heavy atom. The number of ether oxygens (including phenoxy) is 2. The fraction of sp³-hybridized carbons (Fsp3) is 0.636. The number of hydrogen-bond acceptors (Lipinski definition) is 5. The lowest BCUT2D eigenvalue weighted by Crippen LogP contribution is -2.47. The van der Waals surface area contributed by atoms with Crippen molar-refractivity contribution in [2.24, 2.45) is 5.92 Å². The van der Waals surface area contributed by atoms with Gasteiger partial charge in [0.1, 0.15) is 12.4 Å². The van der Waals surface area contributed by atoms with Crippen LogP contribution in [0.4, 0.5) is 18.9 Å². The normalized spacial score (nSPS) is 23.6. The third-order valence-electron chi connectivity index (χ3n) is 5.58. The summed E-state index contributed by atoms with van der Waals surface area (Å²) in [6, 6.07) is 4.42. The zero-order valence-electron chi connectivity index (χ0n) is 19.2. The maximum atomic E-state index is 13.2.